The molecule has 1 amide bonds. The van der Waals surface area contributed by atoms with E-state index in [9.17, 15) is 4.79 Å². The molecule has 4 rings (SSSR count). The second-order valence-corrected chi connectivity index (χ2v) is 7.39. The van der Waals surface area contributed by atoms with E-state index in [0.717, 1.165) is 22.2 Å². The molecule has 5 nitrogen and oxygen atoms in total. The smallest absolute Gasteiger partial charge is 0.254 e. The first-order valence-corrected chi connectivity index (χ1v) is 9.47. The Bertz CT molecular complexity index is 978. The van der Waals surface area contributed by atoms with Gasteiger partial charge in [0.2, 0.25) is 0 Å². The maximum atomic E-state index is 12.9. The zero-order valence-electron chi connectivity index (χ0n) is 15.3. The van der Waals surface area contributed by atoms with E-state index >= 15 is 0 Å². The lowest BCUT2D eigenvalue weighted by atomic mass is 10.0. The van der Waals surface area contributed by atoms with E-state index in [1.807, 2.05) is 59.5 Å². The highest BCUT2D eigenvalue weighted by atomic mass is 35.5. The summed E-state index contributed by atoms with van der Waals surface area (Å²) >= 11 is 6.22. The molecule has 2 heterocycles. The Kier molecular flexibility index (Phi) is 4.70. The summed E-state index contributed by atoms with van der Waals surface area (Å²) < 4.78 is 0. The van der Waals surface area contributed by atoms with Crippen LogP contribution in [0.1, 0.15) is 24.2 Å². The van der Waals surface area contributed by atoms with Crippen LogP contribution in [0, 0.1) is 0 Å². The quantitative estimate of drug-likeness (QED) is 0.673. The molecule has 0 aliphatic carbocycles. The molecule has 2 aromatic carbocycles. The predicted octanol–water partition coefficient (Wildman–Crippen LogP) is 4.02. The number of amides is 1. The topological polar surface area (TPSA) is 49.3 Å². The van der Waals surface area contributed by atoms with Gasteiger partial charge in [0.15, 0.2) is 11.0 Å². The highest BCUT2D eigenvalue weighted by molar-refractivity contribution is 6.34. The average molecular weight is 381 g/mol. The predicted molar refractivity (Wildman–Crippen MR) is 108 cm³/mol. The summed E-state index contributed by atoms with van der Waals surface area (Å²) in [4.78, 5) is 17.1. The first-order valence-electron chi connectivity index (χ1n) is 9.10. The molecule has 138 valence electrons. The third-order valence-corrected chi connectivity index (χ3v) is 5.44. The van der Waals surface area contributed by atoms with Gasteiger partial charge in [-0.2, -0.15) is 0 Å². The van der Waals surface area contributed by atoms with Crippen LogP contribution < -0.4 is 4.90 Å². The minimum absolute atomic E-state index is 0.0603. The molecule has 0 N–H and O–H groups in total. The Morgan fingerprint density at radius 2 is 1.59 bits per heavy atom. The molecule has 1 aliphatic rings. The van der Waals surface area contributed by atoms with Gasteiger partial charge < -0.3 is 9.80 Å². The zero-order chi connectivity index (χ0) is 19.0. The van der Waals surface area contributed by atoms with Gasteiger partial charge in [-0.1, -0.05) is 54.1 Å². The van der Waals surface area contributed by atoms with E-state index in [2.05, 4.69) is 28.9 Å². The molecular weight excluding hydrogens is 360 g/mol. The Morgan fingerprint density at radius 1 is 0.926 bits per heavy atom. The van der Waals surface area contributed by atoms with E-state index in [1.54, 1.807) is 0 Å². The maximum Gasteiger partial charge on any atom is 0.254 e. The van der Waals surface area contributed by atoms with Gasteiger partial charge in [-0.15, -0.1) is 10.2 Å². The fourth-order valence-corrected chi connectivity index (χ4v) is 3.92. The number of carbonyl (C=O) groups is 1. The summed E-state index contributed by atoms with van der Waals surface area (Å²) in [6, 6.07) is 17.5. The van der Waals surface area contributed by atoms with Crippen LogP contribution in [0.15, 0.2) is 54.6 Å². The van der Waals surface area contributed by atoms with Crippen LogP contribution >= 0.6 is 11.6 Å². The van der Waals surface area contributed by atoms with Gasteiger partial charge in [0, 0.05) is 41.5 Å². The number of carbonyl (C=O) groups excluding carboxylic acids is 1. The maximum absolute atomic E-state index is 12.9. The lowest BCUT2D eigenvalue weighted by molar-refractivity contribution is 0.0644. The molecule has 27 heavy (non-hydrogen) atoms. The number of benzene rings is 2. The van der Waals surface area contributed by atoms with Gasteiger partial charge in [-0.05, 0) is 26.0 Å². The highest BCUT2D eigenvalue weighted by Gasteiger charge is 2.34. The number of hydrogen-bond donors (Lipinski definition) is 0. The summed E-state index contributed by atoms with van der Waals surface area (Å²) in [5.74, 6) is 0.891. The number of halogens is 1. The molecule has 6 heteroatoms. The molecular formula is C21H21ClN4O. The van der Waals surface area contributed by atoms with Crippen molar-refractivity contribution in [3.8, 4) is 0 Å². The summed E-state index contributed by atoms with van der Waals surface area (Å²) in [5.41, 5.74) is 0.724. The van der Waals surface area contributed by atoms with Crippen molar-refractivity contribution in [2.75, 3.05) is 18.0 Å². The molecule has 1 aromatic heterocycles. The van der Waals surface area contributed by atoms with Gasteiger partial charge in [0.05, 0.1) is 0 Å². The Labute approximate surface area is 163 Å². The van der Waals surface area contributed by atoms with E-state index in [0.29, 0.717) is 18.2 Å². The third kappa shape index (κ3) is 3.23. The van der Waals surface area contributed by atoms with Gasteiger partial charge in [0.25, 0.3) is 5.91 Å². The molecule has 0 bridgehead atoms. The number of piperazine rings is 1. The van der Waals surface area contributed by atoms with Crippen molar-refractivity contribution >= 4 is 34.1 Å². The Hall–Kier alpha value is -2.66. The van der Waals surface area contributed by atoms with Crippen LogP contribution in [0.4, 0.5) is 5.82 Å². The summed E-state index contributed by atoms with van der Waals surface area (Å²) in [5, 5.41) is 10.8. The second-order valence-electron chi connectivity index (χ2n) is 7.03. The van der Waals surface area contributed by atoms with Crippen LogP contribution in [0.2, 0.25) is 5.15 Å². The molecule has 3 aromatic rings. The fourth-order valence-electron chi connectivity index (χ4n) is 3.72. The minimum Gasteiger partial charge on any atom is -0.348 e. The monoisotopic (exact) mass is 380 g/mol. The number of hydrogen-bond acceptors (Lipinski definition) is 4. The molecule has 0 radical (unpaired) electrons. The van der Waals surface area contributed by atoms with E-state index < -0.39 is 0 Å². The largest absolute Gasteiger partial charge is 0.348 e. The first kappa shape index (κ1) is 17.7. The van der Waals surface area contributed by atoms with Crippen LogP contribution in [0.25, 0.3) is 10.8 Å². The average Bonchev–Trinajstić information content (AvgIpc) is 2.70. The lowest BCUT2D eigenvalue weighted by Gasteiger charge is -2.44. The second kappa shape index (κ2) is 7.16. The number of rotatable bonds is 2. The van der Waals surface area contributed by atoms with Crippen molar-refractivity contribution in [2.24, 2.45) is 0 Å². The summed E-state index contributed by atoms with van der Waals surface area (Å²) in [6.07, 6.45) is 0. The first-order chi connectivity index (χ1) is 13.1. The Morgan fingerprint density at radius 3 is 2.33 bits per heavy atom. The van der Waals surface area contributed by atoms with Crippen LogP contribution in [-0.2, 0) is 0 Å². The highest BCUT2D eigenvalue weighted by Crippen LogP contribution is 2.31. The molecule has 1 aliphatic heterocycles. The van der Waals surface area contributed by atoms with Crippen molar-refractivity contribution in [3.05, 3.63) is 65.3 Å². The van der Waals surface area contributed by atoms with Crippen LogP contribution in [0.3, 0.4) is 0 Å². The Balaban J connectivity index is 1.64. The van der Waals surface area contributed by atoms with E-state index in [1.165, 1.54) is 0 Å². The normalized spacial score (nSPS) is 20.1. The minimum atomic E-state index is 0.0603. The number of nitrogens with zero attached hydrogens (tertiary/aromatic N) is 4. The van der Waals surface area contributed by atoms with Crippen molar-refractivity contribution in [3.63, 3.8) is 0 Å². The van der Waals surface area contributed by atoms with Crippen LogP contribution in [-0.4, -0.2) is 46.2 Å². The molecule has 0 saturated carbocycles. The number of aromatic nitrogens is 2. The number of anilines is 1. The lowest BCUT2D eigenvalue weighted by Crippen LogP contribution is -2.58. The molecule has 0 spiro atoms. The van der Waals surface area contributed by atoms with Crippen molar-refractivity contribution in [1.82, 2.24) is 15.1 Å². The summed E-state index contributed by atoms with van der Waals surface area (Å²) in [6.45, 7) is 5.51. The molecule has 1 fully saturated rings. The molecule has 1 saturated heterocycles. The van der Waals surface area contributed by atoms with Crippen molar-refractivity contribution in [1.29, 1.82) is 0 Å². The molecule has 0 unspecified atom stereocenters. The SMILES string of the molecule is C[C@@H]1CN(C(=O)c2ccccc2)[C@@H](C)CN1c1nnc(Cl)c2ccccc12. The third-order valence-electron chi connectivity index (χ3n) is 5.16. The van der Waals surface area contributed by atoms with Crippen LogP contribution in [0.5, 0.6) is 0 Å². The fraction of sp³-hybridized carbons (Fsp3) is 0.286. The van der Waals surface area contributed by atoms with E-state index in [4.69, 9.17) is 11.6 Å². The van der Waals surface area contributed by atoms with E-state index in [-0.39, 0.29) is 18.0 Å². The van der Waals surface area contributed by atoms with Crippen molar-refractivity contribution in [2.45, 2.75) is 25.9 Å². The number of fused-ring (bicyclic) bond motifs is 1. The standard InChI is InChI=1S/C21H21ClN4O/c1-14-13-26(21(27)16-8-4-3-5-9-16)15(2)12-25(14)20-18-11-7-6-10-17(18)19(22)23-24-20/h3-11,14-15H,12-13H2,1-2H3/t14-,15+/m1/s1. The zero-order valence-corrected chi connectivity index (χ0v) is 16.1. The molecule has 2 atom stereocenters. The summed E-state index contributed by atoms with van der Waals surface area (Å²) in [7, 11) is 0. The van der Waals surface area contributed by atoms with Gasteiger partial charge in [-0.25, -0.2) is 0 Å². The van der Waals surface area contributed by atoms with Gasteiger partial charge in [0.1, 0.15) is 0 Å². The van der Waals surface area contributed by atoms with Gasteiger partial charge in [-0.3, -0.25) is 4.79 Å². The van der Waals surface area contributed by atoms with Gasteiger partial charge >= 0.3 is 0 Å². The van der Waals surface area contributed by atoms with Crippen molar-refractivity contribution < 1.29 is 4.79 Å².